The first kappa shape index (κ1) is 46.5. The fraction of sp³-hybridized carbons (Fsp3) is 0.625. The Morgan fingerprint density at radius 2 is 1.73 bits per heavy atom. The molecule has 0 amide bonds. The van der Waals surface area contributed by atoms with E-state index < -0.39 is 45.9 Å². The first-order valence-electron chi connectivity index (χ1n) is 22.5. The Kier molecular flexibility index (Phi) is 14.5. The number of methoxy groups -OCH3 is 1. The van der Waals surface area contributed by atoms with E-state index in [9.17, 15) is 28.2 Å². The van der Waals surface area contributed by atoms with Crippen LogP contribution in [0.3, 0.4) is 0 Å². The van der Waals surface area contributed by atoms with Gasteiger partial charge in [0.25, 0.3) is 0 Å². The number of nitrogens with zero attached hydrogens (tertiary/aromatic N) is 1. The monoisotopic (exact) mass is 894 g/mol. The van der Waals surface area contributed by atoms with Gasteiger partial charge in [-0.1, -0.05) is 52.7 Å². The molecule has 3 N–H and O–H groups in total. The number of esters is 1. The van der Waals surface area contributed by atoms with E-state index in [-0.39, 0.29) is 54.2 Å². The lowest BCUT2D eigenvalue weighted by atomic mass is 9.74. The molecule has 12 nitrogen and oxygen atoms in total. The summed E-state index contributed by atoms with van der Waals surface area (Å²) in [5.41, 5.74) is 3.53. The molecule has 0 radical (unpaired) electrons. The summed E-state index contributed by atoms with van der Waals surface area (Å²) in [4.78, 5) is 28.8. The van der Waals surface area contributed by atoms with Crippen molar-refractivity contribution in [2.75, 3.05) is 45.3 Å². The topological polar surface area (TPSA) is 161 Å². The molecule has 1 aromatic heterocycles. The Hall–Kier alpha value is -3.53. The zero-order valence-electron chi connectivity index (χ0n) is 37.2. The molecular weight excluding hydrogens is 829 g/mol. The molecule has 340 valence electrons. The number of carbonyl (C=O) groups is 2. The van der Waals surface area contributed by atoms with Crippen LogP contribution < -0.4 is 10.1 Å². The highest BCUT2D eigenvalue weighted by Crippen LogP contribution is 2.48. The fourth-order valence-corrected chi connectivity index (χ4v) is 13.3. The van der Waals surface area contributed by atoms with Gasteiger partial charge in [-0.2, -0.15) is 4.31 Å². The summed E-state index contributed by atoms with van der Waals surface area (Å²) in [6.45, 7) is 11.6. The fourth-order valence-electron chi connectivity index (χ4n) is 10.2. The number of hydrogen-bond donors (Lipinski definition) is 3. The molecule has 3 heterocycles. The third kappa shape index (κ3) is 10.5. The van der Waals surface area contributed by atoms with Gasteiger partial charge in [0.05, 0.1) is 49.2 Å². The van der Waals surface area contributed by atoms with Gasteiger partial charge in [0.15, 0.2) is 5.79 Å². The summed E-state index contributed by atoms with van der Waals surface area (Å²) in [5, 5.41) is 26.1. The molecule has 62 heavy (non-hydrogen) atoms. The maximum atomic E-state index is 14.0. The van der Waals surface area contributed by atoms with Crippen molar-refractivity contribution in [3.8, 4) is 5.75 Å². The second kappa shape index (κ2) is 19.3. The summed E-state index contributed by atoms with van der Waals surface area (Å²) in [6, 6.07) is 14.2. The molecule has 0 spiro atoms. The third-order valence-corrected chi connectivity index (χ3v) is 16.9. The number of aliphatic hydroxyl groups excluding tert-OH is 1. The van der Waals surface area contributed by atoms with Crippen LogP contribution in [0.25, 0.3) is 0 Å². The third-order valence-electron chi connectivity index (χ3n) is 13.7. The van der Waals surface area contributed by atoms with Crippen LogP contribution in [0.5, 0.6) is 5.75 Å². The minimum absolute atomic E-state index is 0.0323. The smallest absolute Gasteiger partial charge is 0.337 e. The molecule has 3 aromatic rings. The number of aromatic carboxylic acids is 1. The van der Waals surface area contributed by atoms with Gasteiger partial charge in [0, 0.05) is 41.0 Å². The van der Waals surface area contributed by atoms with Crippen LogP contribution in [0, 0.1) is 29.1 Å². The molecule has 4 aliphatic rings. The SMILES string of the molecule is COc1ccc(S(=O)(=O)N(CC(C)C)C[C@@H](O)[C@@H](CC(=O)O[C@H]2CO[C@@]3(C)OCC[C@@H]23)Cc2ccc(NC[C@H]3CCCC[C@H]3c3sc4c(c3C(=O)O)CC(C)(C)CC4)cc2)cc1. The minimum atomic E-state index is -4.01. The van der Waals surface area contributed by atoms with Crippen molar-refractivity contribution >= 4 is 39.0 Å². The molecule has 0 unspecified atom stereocenters. The predicted octanol–water partition coefficient (Wildman–Crippen LogP) is 8.31. The van der Waals surface area contributed by atoms with Crippen molar-refractivity contribution < 1.29 is 47.2 Å². The number of aliphatic hydroxyl groups is 1. The summed E-state index contributed by atoms with van der Waals surface area (Å²) in [5.74, 6) is -1.83. The van der Waals surface area contributed by atoms with Gasteiger partial charge in [-0.05, 0) is 123 Å². The number of hydrogen-bond acceptors (Lipinski definition) is 11. The van der Waals surface area contributed by atoms with Gasteiger partial charge in [0.2, 0.25) is 10.0 Å². The molecular formula is C48H66N2O10S2. The number of carboxylic acids is 1. The van der Waals surface area contributed by atoms with Gasteiger partial charge >= 0.3 is 11.9 Å². The van der Waals surface area contributed by atoms with Crippen molar-refractivity contribution in [2.45, 2.75) is 128 Å². The van der Waals surface area contributed by atoms with Gasteiger partial charge < -0.3 is 34.5 Å². The largest absolute Gasteiger partial charge is 0.497 e. The van der Waals surface area contributed by atoms with Crippen molar-refractivity contribution in [2.24, 2.45) is 29.1 Å². The number of aryl methyl sites for hydroxylation is 1. The van der Waals surface area contributed by atoms with Gasteiger partial charge in [-0.25, -0.2) is 13.2 Å². The minimum Gasteiger partial charge on any atom is -0.497 e. The van der Waals surface area contributed by atoms with E-state index in [0.29, 0.717) is 43.2 Å². The zero-order chi connectivity index (χ0) is 44.4. The van der Waals surface area contributed by atoms with Gasteiger partial charge in [-0.3, -0.25) is 4.79 Å². The highest BCUT2D eigenvalue weighted by Gasteiger charge is 2.53. The quantitative estimate of drug-likeness (QED) is 0.105. The number of sulfonamides is 1. The summed E-state index contributed by atoms with van der Waals surface area (Å²) >= 11 is 1.74. The van der Waals surface area contributed by atoms with Crippen LogP contribution in [-0.4, -0.2) is 92.8 Å². The number of nitrogens with one attached hydrogen (secondary N) is 1. The number of ether oxygens (including phenoxy) is 4. The van der Waals surface area contributed by atoms with Crippen LogP contribution >= 0.6 is 11.3 Å². The number of fused-ring (bicyclic) bond motifs is 2. The first-order valence-corrected chi connectivity index (χ1v) is 24.7. The van der Waals surface area contributed by atoms with Crippen molar-refractivity contribution in [3.63, 3.8) is 0 Å². The van der Waals surface area contributed by atoms with Crippen LogP contribution in [0.2, 0.25) is 0 Å². The number of anilines is 1. The lowest BCUT2D eigenvalue weighted by Crippen LogP contribution is -2.43. The molecule has 3 fully saturated rings. The number of benzene rings is 2. The second-order valence-electron chi connectivity index (χ2n) is 19.3. The molecule has 0 bridgehead atoms. The number of carboxylic acid groups (broad SMARTS) is 1. The Bertz CT molecular complexity index is 2140. The van der Waals surface area contributed by atoms with E-state index in [1.54, 1.807) is 23.5 Å². The van der Waals surface area contributed by atoms with E-state index in [0.717, 1.165) is 66.6 Å². The molecule has 14 heteroatoms. The number of rotatable bonds is 18. The van der Waals surface area contributed by atoms with Crippen LogP contribution in [0.15, 0.2) is 53.4 Å². The van der Waals surface area contributed by atoms with Gasteiger partial charge in [-0.15, -0.1) is 11.3 Å². The zero-order valence-corrected chi connectivity index (χ0v) is 38.8. The molecule has 7 atom stereocenters. The highest BCUT2D eigenvalue weighted by molar-refractivity contribution is 7.89. The average molecular weight is 895 g/mol. The maximum Gasteiger partial charge on any atom is 0.337 e. The van der Waals surface area contributed by atoms with E-state index >= 15 is 0 Å². The van der Waals surface area contributed by atoms with Crippen LogP contribution in [-0.2, 0) is 48.3 Å². The molecule has 1 saturated carbocycles. The van der Waals surface area contributed by atoms with E-state index in [4.69, 9.17) is 18.9 Å². The standard InChI is InChI=1S/C48H66N2O10S2/c1-30(2)27-50(62(55,56)36-17-15-35(57-6)16-18-36)28-40(51)33(24-43(52)60-41-29-59-48(5)39(41)20-22-58-48)23-31-11-13-34(14-12-31)49-26-32-9-7-8-10-37(32)45-44(46(53)54)38-25-47(3,4)21-19-42(38)61-45/h11-18,30,32-33,37,39-41,49,51H,7-10,19-29H2,1-6H3,(H,53,54)/t32-,33-,37-,39+,40-,41+,48-/m1/s1. The lowest BCUT2D eigenvalue weighted by molar-refractivity contribution is -0.181. The molecule has 2 saturated heterocycles. The molecule has 2 aromatic carbocycles. The Morgan fingerprint density at radius 3 is 2.42 bits per heavy atom. The number of thiophene rings is 1. The normalized spacial score (nSPS) is 25.6. The Labute approximate surface area is 371 Å². The van der Waals surface area contributed by atoms with Crippen LogP contribution in [0.4, 0.5) is 5.69 Å². The van der Waals surface area contributed by atoms with E-state index in [1.165, 1.54) is 28.4 Å². The second-order valence-corrected chi connectivity index (χ2v) is 22.4. The predicted molar refractivity (Wildman–Crippen MR) is 239 cm³/mol. The van der Waals surface area contributed by atoms with Crippen molar-refractivity contribution in [1.29, 1.82) is 0 Å². The first-order chi connectivity index (χ1) is 29.5. The van der Waals surface area contributed by atoms with E-state index in [2.05, 4.69) is 19.2 Å². The molecule has 7 rings (SSSR count). The maximum absolute atomic E-state index is 14.0. The lowest BCUT2D eigenvalue weighted by Gasteiger charge is -2.32. The van der Waals surface area contributed by atoms with Gasteiger partial charge in [0.1, 0.15) is 11.9 Å². The van der Waals surface area contributed by atoms with E-state index in [1.807, 2.05) is 45.0 Å². The molecule has 2 aliphatic heterocycles. The van der Waals surface area contributed by atoms with Crippen LogP contribution in [0.1, 0.15) is 117 Å². The summed E-state index contributed by atoms with van der Waals surface area (Å²) < 4.78 is 52.3. The number of carbonyl (C=O) groups excluding carboxylic acids is 1. The highest BCUT2D eigenvalue weighted by atomic mass is 32.2. The van der Waals surface area contributed by atoms with Crippen molar-refractivity contribution in [3.05, 3.63) is 75.0 Å². The Balaban J connectivity index is 1.06. The summed E-state index contributed by atoms with van der Waals surface area (Å²) in [6.07, 6.45) is 6.29. The average Bonchev–Trinajstić information content (AvgIpc) is 3.90. The summed E-state index contributed by atoms with van der Waals surface area (Å²) in [7, 11) is -2.49. The Morgan fingerprint density at radius 1 is 1.00 bits per heavy atom. The van der Waals surface area contributed by atoms with Crippen molar-refractivity contribution in [1.82, 2.24) is 4.31 Å². The molecule has 2 aliphatic carbocycles.